The van der Waals surface area contributed by atoms with Crippen molar-refractivity contribution in [3.05, 3.63) is 0 Å². The van der Waals surface area contributed by atoms with Crippen LogP contribution in [-0.2, 0) is 0 Å². The molecule has 0 aromatic rings. The Hall–Kier alpha value is -0.700. The number of hydrogen-bond acceptors (Lipinski definition) is 0. The minimum atomic E-state index is -6.09. The Balaban J connectivity index is 3.15. The third-order valence-corrected chi connectivity index (χ3v) is 2.19. The highest BCUT2D eigenvalue weighted by atomic mass is 19.4. The zero-order valence-electron chi connectivity index (χ0n) is 6.93. The van der Waals surface area contributed by atoms with E-state index in [0.29, 0.717) is 0 Å². The van der Waals surface area contributed by atoms with Gasteiger partial charge in [0.25, 0.3) is 11.8 Å². The summed E-state index contributed by atoms with van der Waals surface area (Å²) >= 11 is 0. The van der Waals surface area contributed by atoms with Crippen molar-refractivity contribution in [2.24, 2.45) is 11.8 Å². The molecule has 0 N–H and O–H groups in total. The standard InChI is InChI=1S/C6H2F10/c7-3(8)1(5(11,12)13)4(9,10)2(3)6(14,15)16/h1-2H. The van der Waals surface area contributed by atoms with E-state index in [4.69, 9.17) is 0 Å². The van der Waals surface area contributed by atoms with Gasteiger partial charge >= 0.3 is 12.4 Å². The van der Waals surface area contributed by atoms with Gasteiger partial charge in [-0.3, -0.25) is 0 Å². The minimum absolute atomic E-state index is 4.58. The zero-order chi connectivity index (χ0) is 13.2. The van der Waals surface area contributed by atoms with Crippen LogP contribution in [0.1, 0.15) is 0 Å². The van der Waals surface area contributed by atoms with Crippen LogP contribution in [0.3, 0.4) is 0 Å². The van der Waals surface area contributed by atoms with Gasteiger partial charge in [0, 0.05) is 0 Å². The molecule has 1 aliphatic rings. The van der Waals surface area contributed by atoms with E-state index in [9.17, 15) is 43.9 Å². The van der Waals surface area contributed by atoms with Crippen molar-refractivity contribution in [3.8, 4) is 0 Å². The van der Waals surface area contributed by atoms with Gasteiger partial charge in [-0.1, -0.05) is 0 Å². The summed E-state index contributed by atoms with van der Waals surface area (Å²) in [5, 5.41) is 0. The van der Waals surface area contributed by atoms with Crippen LogP contribution in [0.25, 0.3) is 0 Å². The Bertz CT molecular complexity index is 241. The predicted molar refractivity (Wildman–Crippen MR) is 29.0 cm³/mol. The third kappa shape index (κ3) is 1.61. The summed E-state index contributed by atoms with van der Waals surface area (Å²) in [5.74, 6) is -20.3. The van der Waals surface area contributed by atoms with Gasteiger partial charge in [0.15, 0.2) is 11.8 Å². The van der Waals surface area contributed by atoms with Gasteiger partial charge in [0.1, 0.15) is 0 Å². The fraction of sp³-hybridized carbons (Fsp3) is 1.00. The normalized spacial score (nSPS) is 33.4. The lowest BCUT2D eigenvalue weighted by atomic mass is 9.66. The molecule has 0 aliphatic heterocycles. The highest BCUT2D eigenvalue weighted by Crippen LogP contribution is 2.68. The maximum atomic E-state index is 12.4. The van der Waals surface area contributed by atoms with E-state index in [0.717, 1.165) is 0 Å². The van der Waals surface area contributed by atoms with Crippen molar-refractivity contribution < 1.29 is 43.9 Å². The number of alkyl halides is 10. The van der Waals surface area contributed by atoms with Crippen LogP contribution in [-0.4, -0.2) is 24.2 Å². The molecule has 0 heterocycles. The molecule has 0 atom stereocenters. The van der Waals surface area contributed by atoms with Gasteiger partial charge in [-0.2, -0.15) is 26.3 Å². The van der Waals surface area contributed by atoms with E-state index < -0.39 is 36.0 Å². The molecule has 10 heteroatoms. The average Bonchev–Trinajstić information content (AvgIpc) is 1.69. The van der Waals surface area contributed by atoms with Crippen molar-refractivity contribution in [2.75, 3.05) is 0 Å². The molecule has 0 unspecified atom stereocenters. The molecule has 0 nitrogen and oxygen atoms in total. The summed E-state index contributed by atoms with van der Waals surface area (Å²) in [6.07, 6.45) is -12.2. The second kappa shape index (κ2) is 2.95. The quantitative estimate of drug-likeness (QED) is 0.586. The van der Waals surface area contributed by atoms with E-state index in [1.807, 2.05) is 0 Å². The Morgan fingerprint density at radius 1 is 0.562 bits per heavy atom. The molecule has 0 amide bonds. The molecular weight excluding hydrogens is 262 g/mol. The van der Waals surface area contributed by atoms with E-state index in [2.05, 4.69) is 0 Å². The molecule has 96 valence electrons. The predicted octanol–water partition coefficient (Wildman–Crippen LogP) is 3.63. The number of rotatable bonds is 0. The smallest absolute Gasteiger partial charge is 0.205 e. The number of hydrogen-bond donors (Lipinski definition) is 0. The first kappa shape index (κ1) is 13.4. The molecule has 1 aliphatic carbocycles. The largest absolute Gasteiger partial charge is 0.403 e. The maximum Gasteiger partial charge on any atom is 0.403 e. The van der Waals surface area contributed by atoms with Crippen LogP contribution in [0.4, 0.5) is 43.9 Å². The molecule has 0 aromatic heterocycles. The van der Waals surface area contributed by atoms with Crippen molar-refractivity contribution in [1.29, 1.82) is 0 Å². The summed E-state index contributed by atoms with van der Waals surface area (Å²) in [7, 11) is 0. The molecule has 0 radical (unpaired) electrons. The van der Waals surface area contributed by atoms with Crippen LogP contribution in [0, 0.1) is 11.8 Å². The highest BCUT2D eigenvalue weighted by molar-refractivity contribution is 5.14. The topological polar surface area (TPSA) is 0 Å². The molecule has 16 heavy (non-hydrogen) atoms. The number of halogens is 10. The monoisotopic (exact) mass is 264 g/mol. The van der Waals surface area contributed by atoms with Gasteiger partial charge < -0.3 is 0 Å². The van der Waals surface area contributed by atoms with E-state index >= 15 is 0 Å². The molecular formula is C6H2F10. The molecule has 0 bridgehead atoms. The Labute approximate surface area is 81.2 Å². The summed E-state index contributed by atoms with van der Waals surface area (Å²) in [6, 6.07) is 0. The first-order chi connectivity index (χ1) is 6.73. The van der Waals surface area contributed by atoms with Gasteiger partial charge in [-0.05, 0) is 0 Å². The first-order valence-electron chi connectivity index (χ1n) is 3.62. The van der Waals surface area contributed by atoms with Gasteiger partial charge in [-0.15, -0.1) is 0 Å². The Morgan fingerprint density at radius 2 is 0.750 bits per heavy atom. The lowest BCUT2D eigenvalue weighted by molar-refractivity contribution is -0.452. The second-order valence-electron chi connectivity index (χ2n) is 3.30. The maximum absolute atomic E-state index is 12.4. The van der Waals surface area contributed by atoms with E-state index in [1.54, 1.807) is 0 Å². The summed E-state index contributed by atoms with van der Waals surface area (Å²) in [6.45, 7) is 0. The van der Waals surface area contributed by atoms with Crippen molar-refractivity contribution in [3.63, 3.8) is 0 Å². The van der Waals surface area contributed by atoms with Crippen LogP contribution in [0.15, 0.2) is 0 Å². The SMILES string of the molecule is FC(F)(F)C1C(F)(F)C(C(F)(F)F)C1(F)F. The first-order valence-corrected chi connectivity index (χ1v) is 3.62. The molecule has 0 aromatic carbocycles. The van der Waals surface area contributed by atoms with Crippen molar-refractivity contribution >= 4 is 0 Å². The molecule has 1 fully saturated rings. The van der Waals surface area contributed by atoms with Crippen LogP contribution >= 0.6 is 0 Å². The zero-order valence-corrected chi connectivity index (χ0v) is 6.93. The van der Waals surface area contributed by atoms with Crippen LogP contribution in [0.2, 0.25) is 0 Å². The van der Waals surface area contributed by atoms with E-state index in [1.165, 1.54) is 0 Å². The summed E-state index contributed by atoms with van der Waals surface area (Å²) in [4.78, 5) is 0. The highest BCUT2D eigenvalue weighted by Gasteiger charge is 2.90. The summed E-state index contributed by atoms with van der Waals surface area (Å²) < 4.78 is 120. The molecule has 0 saturated heterocycles. The Morgan fingerprint density at radius 3 is 0.875 bits per heavy atom. The molecule has 1 saturated carbocycles. The molecule has 0 spiro atoms. The lowest BCUT2D eigenvalue weighted by Gasteiger charge is -2.51. The van der Waals surface area contributed by atoms with Gasteiger partial charge in [-0.25, -0.2) is 17.6 Å². The lowest BCUT2D eigenvalue weighted by Crippen LogP contribution is -2.74. The van der Waals surface area contributed by atoms with Crippen LogP contribution in [0.5, 0.6) is 0 Å². The minimum Gasteiger partial charge on any atom is -0.205 e. The van der Waals surface area contributed by atoms with Crippen molar-refractivity contribution in [1.82, 2.24) is 0 Å². The van der Waals surface area contributed by atoms with Crippen LogP contribution < -0.4 is 0 Å². The fourth-order valence-corrected chi connectivity index (χ4v) is 1.62. The third-order valence-electron chi connectivity index (χ3n) is 2.19. The van der Waals surface area contributed by atoms with Crippen molar-refractivity contribution in [2.45, 2.75) is 24.2 Å². The fourth-order valence-electron chi connectivity index (χ4n) is 1.62. The van der Waals surface area contributed by atoms with E-state index in [-0.39, 0.29) is 0 Å². The summed E-state index contributed by atoms with van der Waals surface area (Å²) in [5.41, 5.74) is 0. The van der Waals surface area contributed by atoms with Gasteiger partial charge in [0.05, 0.1) is 0 Å². The second-order valence-corrected chi connectivity index (χ2v) is 3.30. The molecule has 1 rings (SSSR count). The van der Waals surface area contributed by atoms with Gasteiger partial charge in [0.2, 0.25) is 0 Å². The average molecular weight is 264 g/mol. The Kier molecular flexibility index (Phi) is 2.46.